The summed E-state index contributed by atoms with van der Waals surface area (Å²) in [7, 11) is 0. The maximum Gasteiger partial charge on any atom is 0.0947 e. The third kappa shape index (κ3) is 2.20. The van der Waals surface area contributed by atoms with Crippen LogP contribution in [0.3, 0.4) is 0 Å². The first kappa shape index (κ1) is 10.1. The van der Waals surface area contributed by atoms with E-state index in [1.165, 1.54) is 23.3 Å². The van der Waals surface area contributed by atoms with Crippen LogP contribution in [0.1, 0.15) is 29.3 Å². The van der Waals surface area contributed by atoms with Crippen molar-refractivity contribution in [3.63, 3.8) is 0 Å². The molecule has 3 heteroatoms. The molecule has 0 aromatic carbocycles. The number of rotatable bonds is 5. The van der Waals surface area contributed by atoms with Crippen molar-refractivity contribution in [2.75, 3.05) is 0 Å². The molecule has 3 rings (SSSR count). The van der Waals surface area contributed by atoms with Crippen molar-refractivity contribution in [3.05, 3.63) is 46.5 Å². The predicted octanol–water partition coefficient (Wildman–Crippen LogP) is 3.58. The van der Waals surface area contributed by atoms with Gasteiger partial charge in [0.05, 0.1) is 12.5 Å². The lowest BCUT2D eigenvalue weighted by molar-refractivity contribution is 0.484. The molecule has 0 bridgehead atoms. The maximum atomic E-state index is 5.08. The summed E-state index contributed by atoms with van der Waals surface area (Å²) in [6.07, 6.45) is 6.27. The molecule has 1 N–H and O–H groups in total. The van der Waals surface area contributed by atoms with Gasteiger partial charge in [-0.3, -0.25) is 0 Å². The molecule has 1 fully saturated rings. The molecule has 1 unspecified atom stereocenters. The molecule has 0 amide bonds. The number of nitrogens with one attached hydrogen (secondary N) is 1. The van der Waals surface area contributed by atoms with E-state index in [9.17, 15) is 0 Å². The van der Waals surface area contributed by atoms with Gasteiger partial charge in [0.2, 0.25) is 0 Å². The second kappa shape index (κ2) is 4.44. The Morgan fingerprint density at radius 3 is 3.00 bits per heavy atom. The molecule has 1 aliphatic carbocycles. The third-order valence-electron chi connectivity index (χ3n) is 3.05. The minimum atomic E-state index is 0.537. The zero-order chi connectivity index (χ0) is 10.8. The Balaban J connectivity index is 1.66. The predicted molar refractivity (Wildman–Crippen MR) is 65.3 cm³/mol. The largest absolute Gasteiger partial charge is 0.472 e. The average Bonchev–Trinajstić information content (AvgIpc) is 2.83. The zero-order valence-corrected chi connectivity index (χ0v) is 9.87. The third-order valence-corrected chi connectivity index (χ3v) is 4.00. The van der Waals surface area contributed by atoms with Gasteiger partial charge in [0.1, 0.15) is 0 Å². The van der Waals surface area contributed by atoms with Crippen molar-refractivity contribution in [2.24, 2.45) is 5.92 Å². The summed E-state index contributed by atoms with van der Waals surface area (Å²) < 4.78 is 5.08. The molecule has 0 aliphatic heterocycles. The van der Waals surface area contributed by atoms with Gasteiger partial charge in [-0.2, -0.15) is 0 Å². The van der Waals surface area contributed by atoms with Crippen molar-refractivity contribution in [1.82, 2.24) is 5.32 Å². The first-order valence-corrected chi connectivity index (χ1v) is 6.59. The molecule has 1 aliphatic rings. The lowest BCUT2D eigenvalue weighted by atomic mass is 10.1. The fourth-order valence-corrected chi connectivity index (χ4v) is 2.91. The quantitative estimate of drug-likeness (QED) is 0.854. The maximum absolute atomic E-state index is 5.08. The van der Waals surface area contributed by atoms with Gasteiger partial charge < -0.3 is 9.73 Å². The number of furan rings is 1. The first-order chi connectivity index (χ1) is 7.93. The summed E-state index contributed by atoms with van der Waals surface area (Å²) in [6.45, 7) is 0.898. The van der Waals surface area contributed by atoms with Crippen LogP contribution in [0, 0.1) is 5.92 Å². The SMILES string of the molecule is c1csc(C(NCc2ccoc2)C2CC2)c1. The Morgan fingerprint density at radius 1 is 1.44 bits per heavy atom. The van der Waals surface area contributed by atoms with Gasteiger partial charge >= 0.3 is 0 Å². The number of hydrogen-bond acceptors (Lipinski definition) is 3. The standard InChI is InChI=1S/C13H15NOS/c1-2-12(16-7-1)13(11-3-4-11)14-8-10-5-6-15-9-10/h1-2,5-7,9,11,13-14H,3-4,8H2. The van der Waals surface area contributed by atoms with Gasteiger partial charge in [-0.25, -0.2) is 0 Å². The molecular weight excluding hydrogens is 218 g/mol. The Morgan fingerprint density at radius 2 is 2.38 bits per heavy atom. The van der Waals surface area contributed by atoms with Crippen LogP contribution < -0.4 is 5.32 Å². The summed E-state index contributed by atoms with van der Waals surface area (Å²) in [5, 5.41) is 5.79. The van der Waals surface area contributed by atoms with E-state index in [0.717, 1.165) is 12.5 Å². The Bertz CT molecular complexity index is 417. The molecule has 0 radical (unpaired) electrons. The van der Waals surface area contributed by atoms with Crippen LogP contribution in [0.15, 0.2) is 40.5 Å². The van der Waals surface area contributed by atoms with E-state index in [2.05, 4.69) is 22.8 Å². The highest BCUT2D eigenvalue weighted by Gasteiger charge is 2.32. The normalized spacial score (nSPS) is 17.5. The topological polar surface area (TPSA) is 25.2 Å². The monoisotopic (exact) mass is 233 g/mol. The molecular formula is C13H15NOS. The fraction of sp³-hybridized carbons (Fsp3) is 0.385. The van der Waals surface area contributed by atoms with Crippen molar-refractivity contribution < 1.29 is 4.42 Å². The first-order valence-electron chi connectivity index (χ1n) is 5.71. The summed E-state index contributed by atoms with van der Waals surface area (Å²) in [5.41, 5.74) is 1.22. The molecule has 16 heavy (non-hydrogen) atoms. The zero-order valence-electron chi connectivity index (χ0n) is 9.06. The van der Waals surface area contributed by atoms with Crippen LogP contribution in [-0.4, -0.2) is 0 Å². The molecule has 84 valence electrons. The second-order valence-corrected chi connectivity index (χ2v) is 5.32. The Labute approximate surface area is 99.3 Å². The molecule has 2 aromatic heterocycles. The number of hydrogen-bond donors (Lipinski definition) is 1. The smallest absolute Gasteiger partial charge is 0.0947 e. The highest BCUT2D eigenvalue weighted by molar-refractivity contribution is 7.10. The van der Waals surface area contributed by atoms with Gasteiger partial charge in [-0.15, -0.1) is 11.3 Å². The highest BCUT2D eigenvalue weighted by atomic mass is 32.1. The second-order valence-electron chi connectivity index (χ2n) is 4.34. The van der Waals surface area contributed by atoms with E-state index in [0.29, 0.717) is 6.04 Å². The lowest BCUT2D eigenvalue weighted by Gasteiger charge is -2.16. The van der Waals surface area contributed by atoms with E-state index in [-0.39, 0.29) is 0 Å². The minimum absolute atomic E-state index is 0.537. The van der Waals surface area contributed by atoms with E-state index in [1.54, 1.807) is 6.26 Å². The Kier molecular flexibility index (Phi) is 2.80. The van der Waals surface area contributed by atoms with Crippen LogP contribution in [-0.2, 0) is 6.54 Å². The molecule has 0 spiro atoms. The van der Waals surface area contributed by atoms with E-state index < -0.39 is 0 Å². The molecule has 1 saturated carbocycles. The van der Waals surface area contributed by atoms with Crippen LogP contribution in [0.5, 0.6) is 0 Å². The van der Waals surface area contributed by atoms with E-state index in [1.807, 2.05) is 23.7 Å². The summed E-state index contributed by atoms with van der Waals surface area (Å²) >= 11 is 1.85. The van der Waals surface area contributed by atoms with E-state index >= 15 is 0 Å². The average molecular weight is 233 g/mol. The lowest BCUT2D eigenvalue weighted by Crippen LogP contribution is -2.21. The summed E-state index contributed by atoms with van der Waals surface area (Å²) in [6, 6.07) is 6.92. The van der Waals surface area contributed by atoms with Crippen molar-refractivity contribution >= 4 is 11.3 Å². The van der Waals surface area contributed by atoms with Crippen molar-refractivity contribution in [3.8, 4) is 0 Å². The van der Waals surface area contributed by atoms with Gasteiger partial charge in [-0.1, -0.05) is 6.07 Å². The molecule has 2 nitrogen and oxygen atoms in total. The summed E-state index contributed by atoms with van der Waals surface area (Å²) in [4.78, 5) is 1.46. The molecule has 2 aromatic rings. The molecule has 2 heterocycles. The van der Waals surface area contributed by atoms with Gasteiger partial charge in [0.15, 0.2) is 0 Å². The minimum Gasteiger partial charge on any atom is -0.472 e. The van der Waals surface area contributed by atoms with Crippen molar-refractivity contribution in [1.29, 1.82) is 0 Å². The van der Waals surface area contributed by atoms with Crippen LogP contribution in [0.25, 0.3) is 0 Å². The highest BCUT2D eigenvalue weighted by Crippen LogP contribution is 2.42. The van der Waals surface area contributed by atoms with Gasteiger partial charge in [0.25, 0.3) is 0 Å². The molecule has 0 saturated heterocycles. The van der Waals surface area contributed by atoms with Gasteiger partial charge in [0, 0.05) is 23.0 Å². The summed E-state index contributed by atoms with van der Waals surface area (Å²) in [5.74, 6) is 0.838. The Hall–Kier alpha value is -1.06. The van der Waals surface area contributed by atoms with Crippen LogP contribution >= 0.6 is 11.3 Å². The van der Waals surface area contributed by atoms with Gasteiger partial charge in [-0.05, 0) is 36.3 Å². The van der Waals surface area contributed by atoms with Crippen molar-refractivity contribution in [2.45, 2.75) is 25.4 Å². The van der Waals surface area contributed by atoms with Crippen LogP contribution in [0.2, 0.25) is 0 Å². The van der Waals surface area contributed by atoms with Crippen LogP contribution in [0.4, 0.5) is 0 Å². The molecule has 1 atom stereocenters. The number of thiophene rings is 1. The van der Waals surface area contributed by atoms with E-state index in [4.69, 9.17) is 4.42 Å². The fourth-order valence-electron chi connectivity index (χ4n) is 2.02.